The first-order valence-electron chi connectivity index (χ1n) is 15.1. The van der Waals surface area contributed by atoms with E-state index in [2.05, 4.69) is 91.9 Å². The Morgan fingerprint density at radius 3 is 2.10 bits per heavy atom. The van der Waals surface area contributed by atoms with Gasteiger partial charge in [-0.1, -0.05) is 91.0 Å². The van der Waals surface area contributed by atoms with Crippen molar-refractivity contribution in [1.29, 1.82) is 0 Å². The van der Waals surface area contributed by atoms with E-state index < -0.39 is 0 Å². The molecule has 1 aromatic heterocycles. The molecular formula is C35H40N6O. The van der Waals surface area contributed by atoms with Gasteiger partial charge in [0.05, 0.1) is 17.6 Å². The number of piperazine rings is 1. The van der Waals surface area contributed by atoms with Gasteiger partial charge in [-0.3, -0.25) is 14.6 Å². The third kappa shape index (κ3) is 6.98. The second-order valence-corrected chi connectivity index (χ2v) is 11.2. The molecule has 0 spiro atoms. The summed E-state index contributed by atoms with van der Waals surface area (Å²) < 4.78 is 1.53. The smallest absolute Gasteiger partial charge is 0.296 e. The number of hydrogen-bond donors (Lipinski definition) is 1. The standard InChI is InChI=1S/C35H40N6O/c42-35-34(37-31-18-21-39(22-19-31)28-30-13-6-2-7-14-30)33(27-36-41(35)32-16-8-3-9-17-32)40-25-23-38(24-26-40)20-10-15-29-11-4-1-5-12-29/h1-17,27,31,37H,18-26,28H2. The Hall–Kier alpha value is -4.20. The third-order valence-corrected chi connectivity index (χ3v) is 8.33. The van der Waals surface area contributed by atoms with E-state index in [1.54, 1.807) is 0 Å². The summed E-state index contributed by atoms with van der Waals surface area (Å²) in [7, 11) is 0. The number of aromatic nitrogens is 2. The van der Waals surface area contributed by atoms with Crippen LogP contribution in [0.5, 0.6) is 0 Å². The molecule has 3 heterocycles. The van der Waals surface area contributed by atoms with Gasteiger partial charge in [0.2, 0.25) is 0 Å². The number of benzene rings is 3. The Morgan fingerprint density at radius 1 is 0.762 bits per heavy atom. The summed E-state index contributed by atoms with van der Waals surface area (Å²) in [6, 6.07) is 31.1. The molecule has 1 N–H and O–H groups in total. The van der Waals surface area contributed by atoms with E-state index in [4.69, 9.17) is 0 Å². The van der Waals surface area contributed by atoms with Crippen LogP contribution in [0.3, 0.4) is 0 Å². The fraction of sp³-hybridized carbons (Fsp3) is 0.314. The van der Waals surface area contributed by atoms with E-state index >= 15 is 0 Å². The number of anilines is 2. The molecule has 2 saturated heterocycles. The van der Waals surface area contributed by atoms with Crippen molar-refractivity contribution in [2.75, 3.05) is 56.0 Å². The first-order chi connectivity index (χ1) is 20.7. The Labute approximate surface area is 248 Å². The Bertz CT molecular complexity index is 1490. The molecule has 0 radical (unpaired) electrons. The highest BCUT2D eigenvalue weighted by Crippen LogP contribution is 2.26. The van der Waals surface area contributed by atoms with E-state index in [1.165, 1.54) is 15.8 Å². The molecule has 0 amide bonds. The molecule has 7 heteroatoms. The van der Waals surface area contributed by atoms with Crippen molar-refractivity contribution in [2.24, 2.45) is 0 Å². The molecule has 42 heavy (non-hydrogen) atoms. The van der Waals surface area contributed by atoms with Crippen molar-refractivity contribution in [3.05, 3.63) is 125 Å². The Balaban J connectivity index is 1.14. The molecule has 216 valence electrons. The highest BCUT2D eigenvalue weighted by molar-refractivity contribution is 5.69. The summed E-state index contributed by atoms with van der Waals surface area (Å²) in [5.41, 5.74) is 4.86. The number of hydrogen-bond acceptors (Lipinski definition) is 6. The summed E-state index contributed by atoms with van der Waals surface area (Å²) in [6.45, 7) is 7.52. The van der Waals surface area contributed by atoms with Crippen LogP contribution in [0.2, 0.25) is 0 Å². The predicted molar refractivity (Wildman–Crippen MR) is 172 cm³/mol. The lowest BCUT2D eigenvalue weighted by molar-refractivity contribution is 0.211. The van der Waals surface area contributed by atoms with Crippen LogP contribution in [0, 0.1) is 0 Å². The molecule has 0 atom stereocenters. The summed E-state index contributed by atoms with van der Waals surface area (Å²) in [5, 5.41) is 8.33. The molecule has 2 fully saturated rings. The first-order valence-corrected chi connectivity index (χ1v) is 15.1. The number of likely N-dealkylation sites (tertiary alicyclic amines) is 1. The van der Waals surface area contributed by atoms with Crippen molar-refractivity contribution in [1.82, 2.24) is 19.6 Å². The van der Waals surface area contributed by atoms with Crippen molar-refractivity contribution >= 4 is 17.5 Å². The zero-order chi connectivity index (χ0) is 28.6. The normalized spacial score (nSPS) is 17.1. The monoisotopic (exact) mass is 560 g/mol. The van der Waals surface area contributed by atoms with E-state index in [9.17, 15) is 4.79 Å². The van der Waals surface area contributed by atoms with Gasteiger partial charge in [0.25, 0.3) is 5.56 Å². The van der Waals surface area contributed by atoms with Crippen LogP contribution < -0.4 is 15.8 Å². The SMILES string of the molecule is O=c1c(NC2CCN(Cc3ccccc3)CC2)c(N2CCN(CC=Cc3ccccc3)CC2)cnn1-c1ccccc1. The molecule has 7 nitrogen and oxygen atoms in total. The molecule has 0 unspecified atom stereocenters. The second-order valence-electron chi connectivity index (χ2n) is 11.2. The highest BCUT2D eigenvalue weighted by Gasteiger charge is 2.26. The van der Waals surface area contributed by atoms with E-state index in [0.717, 1.165) is 76.6 Å². The third-order valence-electron chi connectivity index (χ3n) is 8.33. The van der Waals surface area contributed by atoms with Crippen LogP contribution in [-0.2, 0) is 6.54 Å². The number of piperidine rings is 1. The van der Waals surface area contributed by atoms with Gasteiger partial charge in [0, 0.05) is 58.4 Å². The van der Waals surface area contributed by atoms with Crippen molar-refractivity contribution < 1.29 is 0 Å². The summed E-state index contributed by atoms with van der Waals surface area (Å²) >= 11 is 0. The predicted octanol–water partition coefficient (Wildman–Crippen LogP) is 5.14. The first kappa shape index (κ1) is 27.9. The molecule has 0 bridgehead atoms. The molecule has 6 rings (SSSR count). The van der Waals surface area contributed by atoms with Crippen LogP contribution in [-0.4, -0.2) is 71.4 Å². The second kappa shape index (κ2) is 13.6. The highest BCUT2D eigenvalue weighted by atomic mass is 16.1. The molecule has 0 aliphatic carbocycles. The lowest BCUT2D eigenvalue weighted by Gasteiger charge is -2.37. The van der Waals surface area contributed by atoms with Crippen LogP contribution in [0.1, 0.15) is 24.0 Å². The van der Waals surface area contributed by atoms with Gasteiger partial charge in [-0.05, 0) is 36.1 Å². The van der Waals surface area contributed by atoms with Crippen LogP contribution in [0.25, 0.3) is 11.8 Å². The van der Waals surface area contributed by atoms with Gasteiger partial charge in [0.1, 0.15) is 5.69 Å². The van der Waals surface area contributed by atoms with E-state index in [0.29, 0.717) is 5.69 Å². The van der Waals surface area contributed by atoms with Gasteiger partial charge in [-0.15, -0.1) is 0 Å². The number of para-hydroxylation sites is 1. The maximum Gasteiger partial charge on any atom is 0.296 e. The van der Waals surface area contributed by atoms with E-state index in [1.807, 2.05) is 42.6 Å². The van der Waals surface area contributed by atoms with Gasteiger partial charge < -0.3 is 10.2 Å². The number of rotatable bonds is 9. The van der Waals surface area contributed by atoms with Crippen LogP contribution in [0.15, 0.2) is 108 Å². The zero-order valence-electron chi connectivity index (χ0n) is 24.2. The molecule has 0 saturated carbocycles. The van der Waals surface area contributed by atoms with Crippen molar-refractivity contribution in [3.8, 4) is 5.69 Å². The summed E-state index contributed by atoms with van der Waals surface area (Å²) in [5.74, 6) is 0. The largest absolute Gasteiger partial charge is 0.376 e. The molecule has 4 aromatic rings. The molecular weight excluding hydrogens is 520 g/mol. The quantitative estimate of drug-likeness (QED) is 0.306. The van der Waals surface area contributed by atoms with Crippen LogP contribution >= 0.6 is 0 Å². The van der Waals surface area contributed by atoms with Gasteiger partial charge in [-0.25, -0.2) is 0 Å². The molecule has 2 aliphatic heterocycles. The lowest BCUT2D eigenvalue weighted by Crippen LogP contribution is -2.47. The van der Waals surface area contributed by atoms with Crippen LogP contribution in [0.4, 0.5) is 11.4 Å². The van der Waals surface area contributed by atoms with E-state index in [-0.39, 0.29) is 11.6 Å². The summed E-state index contributed by atoms with van der Waals surface area (Å²) in [4.78, 5) is 21.2. The average molecular weight is 561 g/mol. The van der Waals surface area contributed by atoms with Gasteiger partial charge in [0.15, 0.2) is 0 Å². The number of nitrogens with zero attached hydrogens (tertiary/aromatic N) is 5. The maximum atomic E-state index is 13.9. The van der Waals surface area contributed by atoms with Crippen molar-refractivity contribution in [2.45, 2.75) is 25.4 Å². The minimum Gasteiger partial charge on any atom is -0.376 e. The van der Waals surface area contributed by atoms with Crippen molar-refractivity contribution in [3.63, 3.8) is 0 Å². The minimum atomic E-state index is -0.0846. The van der Waals surface area contributed by atoms with Gasteiger partial charge >= 0.3 is 0 Å². The zero-order valence-corrected chi connectivity index (χ0v) is 24.2. The Morgan fingerprint density at radius 2 is 1.40 bits per heavy atom. The number of nitrogens with one attached hydrogen (secondary N) is 1. The average Bonchev–Trinajstić information content (AvgIpc) is 3.05. The van der Waals surface area contributed by atoms with Gasteiger partial charge in [-0.2, -0.15) is 9.78 Å². The molecule has 3 aromatic carbocycles. The lowest BCUT2D eigenvalue weighted by atomic mass is 10.0. The fourth-order valence-corrected chi connectivity index (χ4v) is 5.93. The minimum absolute atomic E-state index is 0.0846. The Kier molecular flexibility index (Phi) is 9.08. The topological polar surface area (TPSA) is 56.6 Å². The fourth-order valence-electron chi connectivity index (χ4n) is 5.93. The molecule has 2 aliphatic rings. The maximum absolute atomic E-state index is 13.9. The summed E-state index contributed by atoms with van der Waals surface area (Å²) in [6.07, 6.45) is 8.31.